The van der Waals surface area contributed by atoms with Crippen molar-refractivity contribution in [3.05, 3.63) is 29.8 Å². The Morgan fingerprint density at radius 2 is 2.26 bits per heavy atom. The van der Waals surface area contributed by atoms with Crippen LogP contribution in [0.25, 0.3) is 11.3 Å². The highest BCUT2D eigenvalue weighted by Crippen LogP contribution is 2.35. The van der Waals surface area contributed by atoms with Crippen LogP contribution in [-0.4, -0.2) is 25.5 Å². The summed E-state index contributed by atoms with van der Waals surface area (Å²) in [5.74, 6) is 1.50. The van der Waals surface area contributed by atoms with Crippen LogP contribution in [0.2, 0.25) is 0 Å². The number of aromatic nitrogens is 1. The van der Waals surface area contributed by atoms with Crippen LogP contribution < -0.4 is 10.5 Å². The van der Waals surface area contributed by atoms with Crippen LogP contribution in [0.5, 0.6) is 5.75 Å². The van der Waals surface area contributed by atoms with Gasteiger partial charge in [0.25, 0.3) is 0 Å². The van der Waals surface area contributed by atoms with Crippen molar-refractivity contribution in [3.63, 3.8) is 0 Å². The summed E-state index contributed by atoms with van der Waals surface area (Å²) in [6.45, 7) is 1.59. The van der Waals surface area contributed by atoms with Crippen molar-refractivity contribution in [2.75, 3.05) is 26.1 Å². The van der Waals surface area contributed by atoms with Crippen molar-refractivity contribution in [2.45, 2.75) is 12.3 Å². The van der Waals surface area contributed by atoms with Gasteiger partial charge in [-0.15, -0.1) is 0 Å². The van der Waals surface area contributed by atoms with Gasteiger partial charge in [0.15, 0.2) is 0 Å². The smallest absolute Gasteiger partial charge is 0.222 e. The molecule has 2 aromatic rings. The van der Waals surface area contributed by atoms with Crippen LogP contribution in [0.3, 0.4) is 0 Å². The fourth-order valence-corrected chi connectivity index (χ4v) is 2.39. The molecule has 1 saturated heterocycles. The second kappa shape index (κ2) is 4.93. The summed E-state index contributed by atoms with van der Waals surface area (Å²) in [4.78, 5) is 0. The van der Waals surface area contributed by atoms with Gasteiger partial charge in [-0.05, 0) is 24.1 Å². The first-order chi connectivity index (χ1) is 9.28. The quantitative estimate of drug-likeness (QED) is 0.917. The summed E-state index contributed by atoms with van der Waals surface area (Å²) in [5.41, 5.74) is 8.39. The van der Waals surface area contributed by atoms with E-state index in [-0.39, 0.29) is 0 Å². The third-order valence-corrected chi connectivity index (χ3v) is 3.43. The molecule has 0 aliphatic carbocycles. The average molecular weight is 260 g/mol. The van der Waals surface area contributed by atoms with Crippen molar-refractivity contribution < 1.29 is 14.0 Å². The van der Waals surface area contributed by atoms with Gasteiger partial charge in [-0.3, -0.25) is 0 Å². The summed E-state index contributed by atoms with van der Waals surface area (Å²) in [6.07, 6.45) is 1.05. The van der Waals surface area contributed by atoms with Crippen molar-refractivity contribution >= 4 is 5.88 Å². The number of rotatable bonds is 3. The summed E-state index contributed by atoms with van der Waals surface area (Å²) in [7, 11) is 1.64. The lowest BCUT2D eigenvalue weighted by Crippen LogP contribution is -1.99. The molecule has 3 rings (SSSR count). The molecule has 2 N–H and O–H groups in total. The maximum Gasteiger partial charge on any atom is 0.222 e. The standard InChI is InChI=1S/C14H16N2O3/c1-17-13-3-2-9(10-4-5-18-8-10)6-11(13)12-7-14(15)19-16-12/h2-3,6-7,10H,4-5,8,15H2,1H3. The van der Waals surface area contributed by atoms with E-state index in [1.54, 1.807) is 13.2 Å². The van der Waals surface area contributed by atoms with Gasteiger partial charge in [0, 0.05) is 24.2 Å². The molecule has 2 heterocycles. The molecule has 1 aromatic heterocycles. The first-order valence-corrected chi connectivity index (χ1v) is 6.26. The van der Waals surface area contributed by atoms with E-state index in [9.17, 15) is 0 Å². The largest absolute Gasteiger partial charge is 0.496 e. The number of anilines is 1. The molecule has 1 aromatic carbocycles. The third-order valence-electron chi connectivity index (χ3n) is 3.43. The molecule has 0 bridgehead atoms. The maximum absolute atomic E-state index is 5.58. The number of ether oxygens (including phenoxy) is 2. The zero-order valence-electron chi connectivity index (χ0n) is 10.8. The first-order valence-electron chi connectivity index (χ1n) is 6.26. The lowest BCUT2D eigenvalue weighted by atomic mass is 9.95. The highest BCUT2D eigenvalue weighted by molar-refractivity contribution is 5.69. The molecule has 19 heavy (non-hydrogen) atoms. The van der Waals surface area contributed by atoms with Crippen molar-refractivity contribution in [2.24, 2.45) is 0 Å². The van der Waals surface area contributed by atoms with E-state index in [2.05, 4.69) is 17.3 Å². The van der Waals surface area contributed by atoms with E-state index in [4.69, 9.17) is 19.7 Å². The Hall–Kier alpha value is -2.01. The Bertz CT molecular complexity index is 574. The lowest BCUT2D eigenvalue weighted by Gasteiger charge is -2.12. The van der Waals surface area contributed by atoms with Gasteiger partial charge < -0.3 is 19.7 Å². The lowest BCUT2D eigenvalue weighted by molar-refractivity contribution is 0.194. The monoisotopic (exact) mass is 260 g/mol. The van der Waals surface area contributed by atoms with E-state index < -0.39 is 0 Å². The predicted molar refractivity (Wildman–Crippen MR) is 71.1 cm³/mol. The van der Waals surface area contributed by atoms with Crippen molar-refractivity contribution in [1.82, 2.24) is 5.16 Å². The molecule has 0 amide bonds. The molecule has 1 fully saturated rings. The van der Waals surface area contributed by atoms with Crippen molar-refractivity contribution in [1.29, 1.82) is 0 Å². The highest BCUT2D eigenvalue weighted by Gasteiger charge is 2.20. The predicted octanol–water partition coefficient (Wildman–Crippen LogP) is 2.44. The summed E-state index contributed by atoms with van der Waals surface area (Å²) < 4.78 is 15.7. The van der Waals surface area contributed by atoms with Gasteiger partial charge in [0.1, 0.15) is 11.4 Å². The number of nitrogen functional groups attached to an aromatic ring is 1. The minimum Gasteiger partial charge on any atom is -0.496 e. The summed E-state index contributed by atoms with van der Waals surface area (Å²) in [5, 5.41) is 3.95. The minimum absolute atomic E-state index is 0.298. The maximum atomic E-state index is 5.58. The fraction of sp³-hybridized carbons (Fsp3) is 0.357. The fourth-order valence-electron chi connectivity index (χ4n) is 2.39. The van der Waals surface area contributed by atoms with E-state index in [0.717, 1.165) is 30.9 Å². The normalized spacial score (nSPS) is 18.7. The van der Waals surface area contributed by atoms with Gasteiger partial charge in [-0.25, -0.2) is 0 Å². The molecule has 100 valence electrons. The minimum atomic E-state index is 0.298. The molecule has 0 spiro atoms. The third kappa shape index (κ3) is 2.29. The molecular weight excluding hydrogens is 244 g/mol. The summed E-state index contributed by atoms with van der Waals surface area (Å²) in [6, 6.07) is 7.81. The molecule has 1 aliphatic rings. The molecule has 5 heteroatoms. The van der Waals surface area contributed by atoms with Gasteiger partial charge in [0.05, 0.1) is 13.7 Å². The van der Waals surface area contributed by atoms with Crippen LogP contribution in [0.4, 0.5) is 5.88 Å². The number of nitrogens with zero attached hydrogens (tertiary/aromatic N) is 1. The van der Waals surface area contributed by atoms with E-state index in [0.29, 0.717) is 17.5 Å². The second-order valence-corrected chi connectivity index (χ2v) is 4.63. The van der Waals surface area contributed by atoms with E-state index in [1.807, 2.05) is 6.07 Å². The van der Waals surface area contributed by atoms with Crippen molar-refractivity contribution in [3.8, 4) is 17.0 Å². The van der Waals surface area contributed by atoms with Crippen LogP contribution in [-0.2, 0) is 4.74 Å². The SMILES string of the molecule is COc1ccc(C2CCOC2)cc1-c1cc(N)on1. The van der Waals surface area contributed by atoms with Gasteiger partial charge in [-0.1, -0.05) is 11.2 Å². The zero-order valence-corrected chi connectivity index (χ0v) is 10.8. The number of nitrogens with two attached hydrogens (primary N) is 1. The number of hydrogen-bond acceptors (Lipinski definition) is 5. The Kier molecular flexibility index (Phi) is 3.13. The topological polar surface area (TPSA) is 70.5 Å². The summed E-state index contributed by atoms with van der Waals surface area (Å²) >= 11 is 0. The van der Waals surface area contributed by atoms with E-state index in [1.165, 1.54) is 5.56 Å². The Balaban J connectivity index is 2.02. The highest BCUT2D eigenvalue weighted by atomic mass is 16.5. The van der Waals surface area contributed by atoms with Gasteiger partial charge in [0.2, 0.25) is 5.88 Å². The molecule has 0 radical (unpaired) electrons. The Morgan fingerprint density at radius 1 is 1.37 bits per heavy atom. The molecule has 0 saturated carbocycles. The average Bonchev–Trinajstić information content (AvgIpc) is 3.09. The van der Waals surface area contributed by atoms with Gasteiger partial charge >= 0.3 is 0 Å². The van der Waals surface area contributed by atoms with E-state index >= 15 is 0 Å². The van der Waals surface area contributed by atoms with Crippen LogP contribution in [0.1, 0.15) is 17.9 Å². The van der Waals surface area contributed by atoms with Crippen LogP contribution >= 0.6 is 0 Å². The Morgan fingerprint density at radius 3 is 2.89 bits per heavy atom. The number of benzene rings is 1. The zero-order chi connectivity index (χ0) is 13.2. The molecular formula is C14H16N2O3. The number of hydrogen-bond donors (Lipinski definition) is 1. The van der Waals surface area contributed by atoms with Crippen LogP contribution in [0.15, 0.2) is 28.8 Å². The molecule has 1 atom stereocenters. The molecule has 5 nitrogen and oxygen atoms in total. The second-order valence-electron chi connectivity index (χ2n) is 4.63. The first kappa shape index (κ1) is 12.0. The van der Waals surface area contributed by atoms with Gasteiger partial charge in [-0.2, -0.15) is 0 Å². The molecule has 1 aliphatic heterocycles. The Labute approximate surface area is 111 Å². The van der Waals surface area contributed by atoms with Crippen LogP contribution in [0, 0.1) is 0 Å². The number of methoxy groups -OCH3 is 1. The molecule has 1 unspecified atom stereocenters.